The molecule has 1 aliphatic carbocycles. The van der Waals surface area contributed by atoms with E-state index in [0.717, 1.165) is 10.9 Å². The van der Waals surface area contributed by atoms with Gasteiger partial charge >= 0.3 is 0 Å². The third-order valence-corrected chi connectivity index (χ3v) is 7.06. The van der Waals surface area contributed by atoms with E-state index in [9.17, 15) is 18.0 Å². The first-order valence-electron chi connectivity index (χ1n) is 10.4. The van der Waals surface area contributed by atoms with Crippen LogP contribution in [-0.4, -0.2) is 24.3 Å². The Morgan fingerprint density at radius 2 is 1.85 bits per heavy atom. The number of hydrogen-bond acceptors (Lipinski definition) is 5. The summed E-state index contributed by atoms with van der Waals surface area (Å²) < 4.78 is 27.5. The standard InChI is InChI=1S/C24H20N4O4S/c29-23-19-9-6-17(13-16(19)10-12-26-23)27-24(30)21-14-20(21)15-4-7-18(8-5-15)33(31,32)28-22-3-1-2-11-25-22/h1-13,20-21H,14H2,(H,25,28)(H,26,29)(H,27,30)/t20?,21-/m1/s1. The number of aromatic nitrogens is 2. The van der Waals surface area contributed by atoms with Gasteiger partial charge in [-0.2, -0.15) is 0 Å². The lowest BCUT2D eigenvalue weighted by Gasteiger charge is -2.08. The van der Waals surface area contributed by atoms with Crippen molar-refractivity contribution >= 4 is 38.2 Å². The SMILES string of the molecule is O=C(Nc1ccc2c(=O)[nH]ccc2c1)[C@@H]1CC1c1ccc(S(=O)(=O)Nc2ccccn2)cc1. The summed E-state index contributed by atoms with van der Waals surface area (Å²) in [5.41, 5.74) is 1.37. The third kappa shape index (κ3) is 4.35. The van der Waals surface area contributed by atoms with Crippen LogP contribution in [0.3, 0.4) is 0 Å². The van der Waals surface area contributed by atoms with Gasteiger partial charge in [0.25, 0.3) is 15.6 Å². The Labute approximate surface area is 189 Å². The van der Waals surface area contributed by atoms with Crippen LogP contribution in [0.15, 0.2) is 88.8 Å². The molecule has 1 unspecified atom stereocenters. The van der Waals surface area contributed by atoms with Crippen molar-refractivity contribution in [1.82, 2.24) is 9.97 Å². The maximum absolute atomic E-state index is 12.7. The van der Waals surface area contributed by atoms with Gasteiger partial charge in [-0.15, -0.1) is 0 Å². The molecule has 1 fully saturated rings. The monoisotopic (exact) mass is 460 g/mol. The fraction of sp³-hybridized carbons (Fsp3) is 0.125. The Balaban J connectivity index is 1.25. The quantitative estimate of drug-likeness (QED) is 0.407. The molecule has 33 heavy (non-hydrogen) atoms. The van der Waals surface area contributed by atoms with Crippen LogP contribution >= 0.6 is 0 Å². The fourth-order valence-electron chi connectivity index (χ4n) is 3.87. The minimum Gasteiger partial charge on any atom is -0.329 e. The minimum absolute atomic E-state index is 0.0359. The van der Waals surface area contributed by atoms with Crippen LogP contribution in [0.1, 0.15) is 17.9 Å². The van der Waals surface area contributed by atoms with Crippen molar-refractivity contribution in [1.29, 1.82) is 0 Å². The Morgan fingerprint density at radius 3 is 2.61 bits per heavy atom. The minimum atomic E-state index is -3.74. The summed E-state index contributed by atoms with van der Waals surface area (Å²) in [5, 5.41) is 4.23. The lowest BCUT2D eigenvalue weighted by molar-refractivity contribution is -0.117. The highest BCUT2D eigenvalue weighted by molar-refractivity contribution is 7.92. The van der Waals surface area contributed by atoms with Crippen LogP contribution < -0.4 is 15.6 Å². The van der Waals surface area contributed by atoms with Crippen LogP contribution in [0.5, 0.6) is 0 Å². The van der Waals surface area contributed by atoms with Crippen LogP contribution in [-0.2, 0) is 14.8 Å². The van der Waals surface area contributed by atoms with Gasteiger partial charge in [0.05, 0.1) is 4.90 Å². The molecular weight excluding hydrogens is 440 g/mol. The number of H-pyrrole nitrogens is 1. The number of hydrogen-bond donors (Lipinski definition) is 3. The molecule has 3 N–H and O–H groups in total. The van der Waals surface area contributed by atoms with Crippen LogP contribution in [0, 0.1) is 5.92 Å². The number of benzene rings is 2. The highest BCUT2D eigenvalue weighted by Crippen LogP contribution is 2.48. The third-order valence-electron chi connectivity index (χ3n) is 5.69. The highest BCUT2D eigenvalue weighted by atomic mass is 32.2. The number of carbonyl (C=O) groups excluding carboxylic acids is 1. The molecule has 2 heterocycles. The van der Waals surface area contributed by atoms with E-state index in [1.165, 1.54) is 18.3 Å². The fourth-order valence-corrected chi connectivity index (χ4v) is 4.88. The molecule has 0 spiro atoms. The highest BCUT2D eigenvalue weighted by Gasteiger charge is 2.44. The average Bonchev–Trinajstić information content (AvgIpc) is 3.61. The Bertz CT molecular complexity index is 1500. The molecular formula is C24H20N4O4S. The second-order valence-electron chi connectivity index (χ2n) is 7.94. The van der Waals surface area contributed by atoms with Gasteiger partial charge in [0.15, 0.2) is 0 Å². The molecule has 1 aliphatic rings. The number of sulfonamides is 1. The molecule has 2 aromatic heterocycles. The van der Waals surface area contributed by atoms with E-state index in [2.05, 4.69) is 20.0 Å². The normalized spacial score (nSPS) is 17.5. The first-order valence-corrected chi connectivity index (χ1v) is 11.9. The lowest BCUT2D eigenvalue weighted by atomic mass is 10.1. The van der Waals surface area contributed by atoms with Crippen LogP contribution in [0.25, 0.3) is 10.8 Å². The summed E-state index contributed by atoms with van der Waals surface area (Å²) in [7, 11) is -3.74. The number of anilines is 2. The van der Waals surface area contributed by atoms with E-state index in [-0.39, 0.29) is 34.0 Å². The Morgan fingerprint density at radius 1 is 1.03 bits per heavy atom. The van der Waals surface area contributed by atoms with Gasteiger partial charge in [0, 0.05) is 29.4 Å². The van der Waals surface area contributed by atoms with Gasteiger partial charge in [-0.3, -0.25) is 14.3 Å². The van der Waals surface area contributed by atoms with Gasteiger partial charge in [-0.25, -0.2) is 13.4 Å². The van der Waals surface area contributed by atoms with E-state index in [1.54, 1.807) is 60.8 Å². The summed E-state index contributed by atoms with van der Waals surface area (Å²) in [5.74, 6) is -0.000660. The number of rotatable bonds is 6. The van der Waals surface area contributed by atoms with Crippen molar-refractivity contribution < 1.29 is 13.2 Å². The number of aromatic amines is 1. The first-order chi connectivity index (χ1) is 15.9. The number of amides is 1. The molecule has 8 nitrogen and oxygen atoms in total. The Hall–Kier alpha value is -3.98. The maximum atomic E-state index is 12.7. The van der Waals surface area contributed by atoms with Crippen molar-refractivity contribution in [2.45, 2.75) is 17.2 Å². The number of fused-ring (bicyclic) bond motifs is 1. The predicted octanol–water partition coefficient (Wildman–Crippen LogP) is 3.47. The summed E-state index contributed by atoms with van der Waals surface area (Å²) in [6.07, 6.45) is 3.77. The zero-order valence-electron chi connectivity index (χ0n) is 17.4. The molecule has 2 aromatic carbocycles. The summed E-state index contributed by atoms with van der Waals surface area (Å²) in [6, 6.07) is 18.5. The first kappa shape index (κ1) is 20.9. The number of nitrogens with zero attached hydrogens (tertiary/aromatic N) is 1. The number of carbonyl (C=O) groups is 1. The second kappa shape index (κ2) is 8.18. The van der Waals surface area contributed by atoms with Gasteiger partial charge in [0.2, 0.25) is 5.91 Å². The van der Waals surface area contributed by atoms with Gasteiger partial charge in [-0.1, -0.05) is 18.2 Å². The summed E-state index contributed by atoms with van der Waals surface area (Å²) >= 11 is 0. The van der Waals surface area contributed by atoms with E-state index < -0.39 is 10.0 Å². The predicted molar refractivity (Wildman–Crippen MR) is 126 cm³/mol. The van der Waals surface area contributed by atoms with Crippen molar-refractivity contribution in [3.8, 4) is 0 Å². The van der Waals surface area contributed by atoms with Crippen molar-refractivity contribution in [2.75, 3.05) is 10.0 Å². The molecule has 0 saturated heterocycles. The van der Waals surface area contributed by atoms with Gasteiger partial charge in [0.1, 0.15) is 5.82 Å². The molecule has 5 rings (SSSR count). The maximum Gasteiger partial charge on any atom is 0.263 e. The van der Waals surface area contributed by atoms with Crippen LogP contribution in [0.4, 0.5) is 11.5 Å². The zero-order valence-corrected chi connectivity index (χ0v) is 18.2. The van der Waals surface area contributed by atoms with E-state index in [4.69, 9.17) is 0 Å². The van der Waals surface area contributed by atoms with Gasteiger partial charge < -0.3 is 10.3 Å². The second-order valence-corrected chi connectivity index (χ2v) is 9.62. The molecule has 166 valence electrons. The molecule has 1 saturated carbocycles. The van der Waals surface area contributed by atoms with E-state index in [1.807, 2.05) is 0 Å². The van der Waals surface area contributed by atoms with Gasteiger partial charge in [-0.05, 0) is 71.8 Å². The molecule has 0 aliphatic heterocycles. The Kier molecular flexibility index (Phi) is 5.18. The smallest absolute Gasteiger partial charge is 0.263 e. The summed E-state index contributed by atoms with van der Waals surface area (Å²) in [6.45, 7) is 0. The average molecular weight is 461 g/mol. The van der Waals surface area contributed by atoms with Crippen molar-refractivity contribution in [3.63, 3.8) is 0 Å². The van der Waals surface area contributed by atoms with E-state index in [0.29, 0.717) is 17.5 Å². The molecule has 4 aromatic rings. The molecule has 0 bridgehead atoms. The molecule has 0 radical (unpaired) electrons. The van der Waals surface area contributed by atoms with Crippen LogP contribution in [0.2, 0.25) is 0 Å². The topological polar surface area (TPSA) is 121 Å². The number of pyridine rings is 2. The van der Waals surface area contributed by atoms with Crippen molar-refractivity contribution in [2.24, 2.45) is 5.92 Å². The summed E-state index contributed by atoms with van der Waals surface area (Å²) in [4.78, 5) is 31.3. The molecule has 1 amide bonds. The lowest BCUT2D eigenvalue weighted by Crippen LogP contribution is -2.15. The largest absolute Gasteiger partial charge is 0.329 e. The number of nitrogens with one attached hydrogen (secondary N) is 3. The molecule has 2 atom stereocenters. The van der Waals surface area contributed by atoms with Crippen molar-refractivity contribution in [3.05, 3.63) is 95.0 Å². The van der Waals surface area contributed by atoms with E-state index >= 15 is 0 Å². The zero-order chi connectivity index (χ0) is 23.0. The molecule has 9 heteroatoms.